The molecule has 0 spiro atoms. The third-order valence-electron chi connectivity index (χ3n) is 4.94. The Labute approximate surface area is 162 Å². The second-order valence-corrected chi connectivity index (χ2v) is 7.16. The van der Waals surface area contributed by atoms with Crippen LogP contribution in [0.5, 0.6) is 0 Å². The zero-order valence-electron chi connectivity index (χ0n) is 14.5. The van der Waals surface area contributed by atoms with E-state index in [4.69, 9.17) is 17.3 Å². The molecule has 0 aliphatic heterocycles. The number of nitrogens with zero attached hydrogens (tertiary/aromatic N) is 2. The van der Waals surface area contributed by atoms with Gasteiger partial charge in [0.25, 0.3) is 0 Å². The Morgan fingerprint density at radius 1 is 1.43 bits per heavy atom. The fourth-order valence-corrected chi connectivity index (χ4v) is 3.64. The van der Waals surface area contributed by atoms with Gasteiger partial charge in [0.2, 0.25) is 5.43 Å². The highest BCUT2D eigenvalue weighted by molar-refractivity contribution is 6.33. The van der Waals surface area contributed by atoms with Gasteiger partial charge in [0.1, 0.15) is 23.4 Å². The van der Waals surface area contributed by atoms with Gasteiger partial charge in [0.15, 0.2) is 0 Å². The van der Waals surface area contributed by atoms with Crippen molar-refractivity contribution in [2.75, 3.05) is 5.73 Å². The van der Waals surface area contributed by atoms with Crippen LogP contribution in [0.25, 0.3) is 22.0 Å². The molecule has 1 aliphatic rings. The fourth-order valence-electron chi connectivity index (χ4n) is 3.47. The van der Waals surface area contributed by atoms with E-state index in [1.807, 2.05) is 0 Å². The number of hydrogen-bond donors (Lipinski definition) is 2. The van der Waals surface area contributed by atoms with Crippen molar-refractivity contribution in [2.24, 2.45) is 0 Å². The topological polar surface area (TPSA) is 98.2 Å². The second-order valence-electron chi connectivity index (χ2n) is 6.75. The van der Waals surface area contributed by atoms with Crippen LogP contribution in [0.1, 0.15) is 28.4 Å². The average Bonchev–Trinajstić information content (AvgIpc) is 3.35. The lowest BCUT2D eigenvalue weighted by Crippen LogP contribution is -2.20. The van der Waals surface area contributed by atoms with Crippen molar-refractivity contribution in [1.82, 2.24) is 9.55 Å². The molecule has 1 aliphatic carbocycles. The number of nitrogens with two attached hydrogens (primary N) is 1. The number of anilines is 1. The minimum Gasteiger partial charge on any atom is -0.477 e. The van der Waals surface area contributed by atoms with Gasteiger partial charge < -0.3 is 15.4 Å². The molecular formula is C19H14ClF2N3O3. The lowest BCUT2D eigenvalue weighted by molar-refractivity contribution is 0.0694. The summed E-state index contributed by atoms with van der Waals surface area (Å²) in [6.07, 6.45) is 1.51. The zero-order valence-corrected chi connectivity index (χ0v) is 15.3. The van der Waals surface area contributed by atoms with Gasteiger partial charge >= 0.3 is 5.97 Å². The number of pyridine rings is 2. The molecule has 144 valence electrons. The summed E-state index contributed by atoms with van der Waals surface area (Å²) in [6, 6.07) is 1.82. The Morgan fingerprint density at radius 2 is 2.11 bits per heavy atom. The van der Waals surface area contributed by atoms with E-state index in [9.17, 15) is 23.5 Å². The molecule has 1 aromatic carbocycles. The van der Waals surface area contributed by atoms with Gasteiger partial charge in [-0.05, 0) is 24.6 Å². The highest BCUT2D eigenvalue weighted by Crippen LogP contribution is 2.42. The summed E-state index contributed by atoms with van der Waals surface area (Å²) in [5.41, 5.74) is 5.36. The highest BCUT2D eigenvalue weighted by Gasteiger charge is 2.40. The molecule has 0 bridgehead atoms. The van der Waals surface area contributed by atoms with Gasteiger partial charge in [-0.1, -0.05) is 11.6 Å². The SMILES string of the molecule is Cc1c(-c2cnc(N)c(Cl)c2)c(F)cc2c(=O)c(C(=O)O)cn([C@@H]3C[C@@H]3F)c12. The number of carboxylic acid groups (broad SMARTS) is 1. The van der Waals surface area contributed by atoms with Crippen molar-refractivity contribution in [3.63, 3.8) is 0 Å². The molecular weight excluding hydrogens is 392 g/mol. The molecule has 2 heterocycles. The van der Waals surface area contributed by atoms with E-state index >= 15 is 0 Å². The summed E-state index contributed by atoms with van der Waals surface area (Å²) in [6.45, 7) is 1.58. The number of fused-ring (bicyclic) bond motifs is 1. The highest BCUT2D eigenvalue weighted by atomic mass is 35.5. The first kappa shape index (κ1) is 18.4. The van der Waals surface area contributed by atoms with Crippen molar-refractivity contribution < 1.29 is 18.7 Å². The lowest BCUT2D eigenvalue weighted by Gasteiger charge is -2.17. The van der Waals surface area contributed by atoms with Crippen molar-refractivity contribution in [3.05, 3.63) is 56.7 Å². The number of aromatic nitrogens is 2. The monoisotopic (exact) mass is 405 g/mol. The van der Waals surface area contributed by atoms with Crippen molar-refractivity contribution in [3.8, 4) is 11.1 Å². The molecule has 28 heavy (non-hydrogen) atoms. The predicted octanol–water partition coefficient (Wildman–Crippen LogP) is 3.73. The number of halogens is 3. The van der Waals surface area contributed by atoms with Crippen LogP contribution in [-0.2, 0) is 0 Å². The number of aromatic carboxylic acids is 1. The van der Waals surface area contributed by atoms with E-state index in [-0.39, 0.29) is 33.7 Å². The molecule has 1 saturated carbocycles. The van der Waals surface area contributed by atoms with E-state index in [0.29, 0.717) is 11.1 Å². The van der Waals surface area contributed by atoms with Crippen LogP contribution in [0.4, 0.5) is 14.6 Å². The maximum Gasteiger partial charge on any atom is 0.341 e. The molecule has 2 aromatic heterocycles. The number of nitrogen functional groups attached to an aromatic ring is 1. The number of carbonyl (C=O) groups is 1. The van der Waals surface area contributed by atoms with Gasteiger partial charge in [-0.3, -0.25) is 4.79 Å². The average molecular weight is 406 g/mol. The normalized spacial score (nSPS) is 18.4. The predicted molar refractivity (Wildman–Crippen MR) is 101 cm³/mol. The smallest absolute Gasteiger partial charge is 0.341 e. The van der Waals surface area contributed by atoms with Crippen LogP contribution in [0, 0.1) is 12.7 Å². The summed E-state index contributed by atoms with van der Waals surface area (Å²) in [5, 5.41) is 9.33. The Kier molecular flexibility index (Phi) is 4.11. The second kappa shape index (κ2) is 6.27. The maximum atomic E-state index is 15.0. The van der Waals surface area contributed by atoms with Crippen molar-refractivity contribution in [1.29, 1.82) is 0 Å². The van der Waals surface area contributed by atoms with E-state index in [1.54, 1.807) is 6.92 Å². The maximum absolute atomic E-state index is 15.0. The number of aryl methyl sites for hydroxylation is 1. The third kappa shape index (κ3) is 2.72. The van der Waals surface area contributed by atoms with Gasteiger partial charge in [-0.2, -0.15) is 0 Å². The standard InChI is InChI=1S/C19H14ClF2N3O3/c1-7-15(8-2-11(20)18(23)24-5-8)13(22)3-9-16(7)25(14-4-12(14)21)6-10(17(9)26)19(27)28/h2-3,5-6,12,14H,4H2,1H3,(H2,23,24)(H,27,28)/t12-,14+/m0/s1. The molecule has 9 heteroatoms. The molecule has 0 amide bonds. The molecule has 0 radical (unpaired) electrons. The third-order valence-corrected chi connectivity index (χ3v) is 5.24. The molecule has 3 aromatic rings. The van der Waals surface area contributed by atoms with Crippen LogP contribution in [0.2, 0.25) is 5.02 Å². The summed E-state index contributed by atoms with van der Waals surface area (Å²) in [4.78, 5) is 28.0. The summed E-state index contributed by atoms with van der Waals surface area (Å²) < 4.78 is 30.2. The first-order valence-electron chi connectivity index (χ1n) is 8.37. The van der Waals surface area contributed by atoms with Gasteiger partial charge in [0.05, 0.1) is 16.6 Å². The van der Waals surface area contributed by atoms with Crippen LogP contribution >= 0.6 is 11.6 Å². The van der Waals surface area contributed by atoms with Crippen LogP contribution < -0.4 is 11.2 Å². The van der Waals surface area contributed by atoms with Crippen molar-refractivity contribution >= 4 is 34.3 Å². The summed E-state index contributed by atoms with van der Waals surface area (Å²) in [5.74, 6) is -2.11. The molecule has 3 N–H and O–H groups in total. The molecule has 4 rings (SSSR count). The quantitative estimate of drug-likeness (QED) is 0.691. The molecule has 6 nitrogen and oxygen atoms in total. The largest absolute Gasteiger partial charge is 0.477 e. The number of benzene rings is 1. The molecule has 0 saturated heterocycles. The van der Waals surface area contributed by atoms with E-state index in [0.717, 1.165) is 12.3 Å². The Balaban J connectivity index is 2.10. The van der Waals surface area contributed by atoms with Gasteiger partial charge in [0, 0.05) is 35.3 Å². The molecule has 2 atom stereocenters. The number of carboxylic acids is 1. The molecule has 1 fully saturated rings. The van der Waals surface area contributed by atoms with E-state index in [1.165, 1.54) is 16.8 Å². The first-order chi connectivity index (χ1) is 13.2. The van der Waals surface area contributed by atoms with Crippen LogP contribution in [0.15, 0.2) is 29.3 Å². The summed E-state index contributed by atoms with van der Waals surface area (Å²) in [7, 11) is 0. The van der Waals surface area contributed by atoms with Gasteiger partial charge in [-0.15, -0.1) is 0 Å². The number of rotatable bonds is 3. The van der Waals surface area contributed by atoms with E-state index < -0.39 is 35.0 Å². The summed E-state index contributed by atoms with van der Waals surface area (Å²) >= 11 is 6.00. The number of hydrogen-bond acceptors (Lipinski definition) is 4. The van der Waals surface area contributed by atoms with Crippen molar-refractivity contribution in [2.45, 2.75) is 25.6 Å². The lowest BCUT2D eigenvalue weighted by atomic mass is 9.96. The number of alkyl halides is 1. The Hall–Kier alpha value is -3.00. The molecule has 0 unspecified atom stereocenters. The Bertz CT molecular complexity index is 1230. The van der Waals surface area contributed by atoms with Crippen LogP contribution in [-0.4, -0.2) is 26.8 Å². The zero-order chi connectivity index (χ0) is 20.3. The van der Waals surface area contributed by atoms with E-state index in [2.05, 4.69) is 4.98 Å². The Morgan fingerprint density at radius 3 is 2.68 bits per heavy atom. The van der Waals surface area contributed by atoms with Crippen LogP contribution in [0.3, 0.4) is 0 Å². The first-order valence-corrected chi connectivity index (χ1v) is 8.75. The van der Waals surface area contributed by atoms with Gasteiger partial charge in [-0.25, -0.2) is 18.6 Å². The fraction of sp³-hybridized carbons (Fsp3) is 0.211. The minimum absolute atomic E-state index is 0.0885. The minimum atomic E-state index is -1.45.